The Morgan fingerprint density at radius 1 is 0.500 bits per heavy atom. The van der Waals surface area contributed by atoms with Crippen molar-refractivity contribution in [1.29, 1.82) is 0 Å². The fourth-order valence-corrected chi connectivity index (χ4v) is 3.40. The molecule has 0 aliphatic heterocycles. The average Bonchev–Trinajstić information content (AvgIpc) is 2.81. The van der Waals surface area contributed by atoms with Crippen molar-refractivity contribution in [3.05, 3.63) is 96.1 Å². The van der Waals surface area contributed by atoms with E-state index >= 15 is 0 Å². The number of ether oxygens (including phenoxy) is 2. The third-order valence-electron chi connectivity index (χ3n) is 5.12. The Hall–Kier alpha value is -4.34. The molecule has 0 unspecified atom stereocenters. The van der Waals surface area contributed by atoms with Crippen LogP contribution >= 0.6 is 0 Å². The predicted molar refractivity (Wildman–Crippen MR) is 124 cm³/mol. The van der Waals surface area contributed by atoms with Gasteiger partial charge in [0, 0.05) is 16.9 Å². The molecule has 36 heavy (non-hydrogen) atoms. The monoisotopic (exact) mass is 504 g/mol. The molecule has 0 amide bonds. The Balaban J connectivity index is 1.86. The maximum absolute atomic E-state index is 13.9. The number of nitrogen functional groups attached to an aromatic ring is 2. The molecule has 0 spiro atoms. The van der Waals surface area contributed by atoms with E-state index in [1.54, 1.807) is 24.3 Å². The van der Waals surface area contributed by atoms with Gasteiger partial charge in [0.2, 0.25) is 0 Å². The second-order valence-corrected chi connectivity index (χ2v) is 7.76. The van der Waals surface area contributed by atoms with Crippen molar-refractivity contribution in [1.82, 2.24) is 0 Å². The van der Waals surface area contributed by atoms with Crippen molar-refractivity contribution in [3.63, 3.8) is 0 Å². The lowest BCUT2D eigenvalue weighted by atomic mass is 9.96. The topological polar surface area (TPSA) is 70.5 Å². The van der Waals surface area contributed by atoms with Gasteiger partial charge in [-0.2, -0.15) is 26.3 Å². The van der Waals surface area contributed by atoms with Gasteiger partial charge in [-0.1, -0.05) is 6.07 Å². The summed E-state index contributed by atoms with van der Waals surface area (Å²) in [6.45, 7) is 0. The van der Waals surface area contributed by atoms with Gasteiger partial charge in [0.1, 0.15) is 23.0 Å². The lowest BCUT2D eigenvalue weighted by Gasteiger charge is -2.19. The highest BCUT2D eigenvalue weighted by Crippen LogP contribution is 2.45. The van der Waals surface area contributed by atoms with Gasteiger partial charge in [0.25, 0.3) is 0 Å². The zero-order valence-electron chi connectivity index (χ0n) is 18.3. The first-order valence-corrected chi connectivity index (χ1v) is 10.4. The number of nitrogens with two attached hydrogens (primary N) is 2. The van der Waals surface area contributed by atoms with Crippen molar-refractivity contribution < 1.29 is 35.8 Å². The van der Waals surface area contributed by atoms with E-state index in [1.807, 2.05) is 0 Å². The number of alkyl halides is 6. The molecule has 4 aromatic carbocycles. The van der Waals surface area contributed by atoms with E-state index in [9.17, 15) is 26.3 Å². The number of hydrogen-bond acceptors (Lipinski definition) is 4. The number of rotatable bonds is 5. The normalized spacial score (nSPS) is 11.8. The molecule has 0 saturated carbocycles. The molecule has 0 saturated heterocycles. The molecule has 4 aromatic rings. The molecule has 0 radical (unpaired) electrons. The number of benzene rings is 4. The number of hydrogen-bond donors (Lipinski definition) is 2. The lowest BCUT2D eigenvalue weighted by molar-refractivity contribution is -0.142. The van der Waals surface area contributed by atoms with Gasteiger partial charge in [-0.15, -0.1) is 0 Å². The predicted octanol–water partition coefficient (Wildman–Crippen LogP) is 8.14. The standard InChI is InChI=1S/C26H18F6N2O2/c27-25(28,29)15-1-11-21(23(13-15)26(30,31)32)22-14-20(35-18-6-2-16(33)3-7-18)10-12-24(22)36-19-8-4-17(34)5-9-19/h1-14H,33-34H2. The number of anilines is 2. The Morgan fingerprint density at radius 3 is 1.56 bits per heavy atom. The summed E-state index contributed by atoms with van der Waals surface area (Å²) < 4.78 is 92.9. The fourth-order valence-electron chi connectivity index (χ4n) is 3.40. The van der Waals surface area contributed by atoms with Crippen molar-refractivity contribution in [3.8, 4) is 34.1 Å². The molecular weight excluding hydrogens is 486 g/mol. The fraction of sp³-hybridized carbons (Fsp3) is 0.0769. The van der Waals surface area contributed by atoms with Gasteiger partial charge in [-0.3, -0.25) is 0 Å². The summed E-state index contributed by atoms with van der Waals surface area (Å²) in [6, 6.07) is 17.9. The van der Waals surface area contributed by atoms with Crippen LogP contribution in [0.5, 0.6) is 23.0 Å². The first-order valence-electron chi connectivity index (χ1n) is 10.4. The van der Waals surface area contributed by atoms with E-state index in [4.69, 9.17) is 20.9 Å². The molecule has 4 nitrogen and oxygen atoms in total. The molecule has 0 aromatic heterocycles. The number of halogens is 6. The van der Waals surface area contributed by atoms with Crippen LogP contribution in [0.2, 0.25) is 0 Å². The minimum Gasteiger partial charge on any atom is -0.457 e. The molecule has 0 aliphatic carbocycles. The maximum Gasteiger partial charge on any atom is 0.417 e. The van der Waals surface area contributed by atoms with E-state index in [0.717, 1.165) is 6.07 Å². The SMILES string of the molecule is Nc1ccc(Oc2ccc(Oc3ccc(N)cc3)c(-c3ccc(C(F)(F)F)cc3C(F)(F)F)c2)cc1. The van der Waals surface area contributed by atoms with E-state index < -0.39 is 29.0 Å². The van der Waals surface area contributed by atoms with Crippen LogP contribution in [0.15, 0.2) is 84.9 Å². The van der Waals surface area contributed by atoms with Crippen LogP contribution in [-0.4, -0.2) is 0 Å². The van der Waals surface area contributed by atoms with Crippen molar-refractivity contribution in [2.24, 2.45) is 0 Å². The molecule has 0 heterocycles. The van der Waals surface area contributed by atoms with E-state index in [2.05, 4.69) is 0 Å². The zero-order chi connectivity index (χ0) is 26.1. The third kappa shape index (κ3) is 5.65. The van der Waals surface area contributed by atoms with Gasteiger partial charge in [-0.25, -0.2) is 0 Å². The molecule has 0 aliphatic rings. The van der Waals surface area contributed by atoms with Gasteiger partial charge in [0.05, 0.1) is 11.1 Å². The van der Waals surface area contributed by atoms with Gasteiger partial charge >= 0.3 is 12.4 Å². The van der Waals surface area contributed by atoms with Crippen molar-refractivity contribution >= 4 is 11.4 Å². The van der Waals surface area contributed by atoms with Crippen LogP contribution in [0.1, 0.15) is 11.1 Å². The molecular formula is C26H18F6N2O2. The van der Waals surface area contributed by atoms with Crippen LogP contribution < -0.4 is 20.9 Å². The third-order valence-corrected chi connectivity index (χ3v) is 5.12. The summed E-state index contributed by atoms with van der Waals surface area (Å²) in [5.41, 5.74) is 8.72. The van der Waals surface area contributed by atoms with Gasteiger partial charge in [-0.05, 0) is 84.4 Å². The molecule has 4 rings (SSSR count). The van der Waals surface area contributed by atoms with Crippen molar-refractivity contribution in [2.45, 2.75) is 12.4 Å². The second-order valence-electron chi connectivity index (χ2n) is 7.76. The Kier molecular flexibility index (Phi) is 6.45. The van der Waals surface area contributed by atoms with Crippen LogP contribution in [0, 0.1) is 0 Å². The minimum atomic E-state index is -5.08. The Labute approximate surface area is 201 Å². The largest absolute Gasteiger partial charge is 0.457 e. The Morgan fingerprint density at radius 2 is 1.03 bits per heavy atom. The van der Waals surface area contributed by atoms with E-state index in [-0.39, 0.29) is 28.9 Å². The highest BCUT2D eigenvalue weighted by Gasteiger charge is 2.39. The lowest BCUT2D eigenvalue weighted by Crippen LogP contribution is -2.12. The summed E-state index contributed by atoms with van der Waals surface area (Å²) in [5, 5.41) is 0. The molecule has 0 fully saturated rings. The smallest absolute Gasteiger partial charge is 0.417 e. The molecule has 4 N–H and O–H groups in total. The first kappa shape index (κ1) is 24.8. The first-order chi connectivity index (χ1) is 16.9. The molecule has 0 bridgehead atoms. The summed E-state index contributed by atoms with van der Waals surface area (Å²) in [6.07, 6.45) is -10.0. The van der Waals surface area contributed by atoms with Crippen LogP contribution in [-0.2, 0) is 12.4 Å². The highest BCUT2D eigenvalue weighted by molar-refractivity contribution is 5.76. The van der Waals surface area contributed by atoms with E-state index in [0.29, 0.717) is 23.2 Å². The van der Waals surface area contributed by atoms with Crippen LogP contribution in [0.25, 0.3) is 11.1 Å². The Bertz CT molecular complexity index is 1370. The summed E-state index contributed by atoms with van der Waals surface area (Å²) in [5.74, 6) is 0.714. The summed E-state index contributed by atoms with van der Waals surface area (Å²) in [7, 11) is 0. The van der Waals surface area contributed by atoms with E-state index in [1.165, 1.54) is 42.5 Å². The minimum absolute atomic E-state index is 0.0327. The molecule has 0 atom stereocenters. The summed E-state index contributed by atoms with van der Waals surface area (Å²) >= 11 is 0. The summed E-state index contributed by atoms with van der Waals surface area (Å²) in [4.78, 5) is 0. The van der Waals surface area contributed by atoms with Crippen molar-refractivity contribution in [2.75, 3.05) is 11.5 Å². The van der Waals surface area contributed by atoms with Crippen LogP contribution in [0.3, 0.4) is 0 Å². The quantitative estimate of drug-likeness (QED) is 0.213. The highest BCUT2D eigenvalue weighted by atomic mass is 19.4. The molecule has 10 heteroatoms. The maximum atomic E-state index is 13.9. The zero-order valence-corrected chi connectivity index (χ0v) is 18.3. The molecule has 186 valence electrons. The second kappa shape index (κ2) is 9.37. The average molecular weight is 504 g/mol. The van der Waals surface area contributed by atoms with Gasteiger partial charge < -0.3 is 20.9 Å². The van der Waals surface area contributed by atoms with Gasteiger partial charge in [0.15, 0.2) is 0 Å². The van der Waals surface area contributed by atoms with Crippen LogP contribution in [0.4, 0.5) is 37.7 Å².